The first-order chi connectivity index (χ1) is 9.06. The summed E-state index contributed by atoms with van der Waals surface area (Å²) in [6.45, 7) is 0. The second kappa shape index (κ2) is 6.20. The van der Waals surface area contributed by atoms with Crippen LogP contribution in [0.4, 0.5) is 0 Å². The van der Waals surface area contributed by atoms with Crippen molar-refractivity contribution >= 4 is 23.4 Å². The Hall–Kier alpha value is -1.35. The molecule has 0 aliphatic heterocycles. The molecule has 0 heterocycles. The molecule has 0 aromatic heterocycles. The average Bonchev–Trinajstić information content (AvgIpc) is 2.39. The predicted octanol–water partition coefficient (Wildman–Crippen LogP) is 3.80. The van der Waals surface area contributed by atoms with Crippen LogP contribution in [0.5, 0.6) is 0 Å². The van der Waals surface area contributed by atoms with Crippen LogP contribution in [-0.2, 0) is 4.79 Å². The Labute approximate surface area is 117 Å². The molecule has 3 nitrogen and oxygen atoms in total. The average molecular weight is 281 g/mol. The number of hydrogen-bond acceptors (Lipinski definition) is 2. The highest BCUT2D eigenvalue weighted by atomic mass is 35.5. The lowest BCUT2D eigenvalue weighted by molar-refractivity contribution is -0.143. The molecular weight excluding hydrogens is 264 g/mol. The zero-order valence-corrected chi connectivity index (χ0v) is 11.4. The molecule has 2 rings (SSSR count). The van der Waals surface area contributed by atoms with Crippen molar-refractivity contribution in [3.8, 4) is 0 Å². The van der Waals surface area contributed by atoms with Crippen molar-refractivity contribution in [2.45, 2.75) is 32.1 Å². The Morgan fingerprint density at radius 2 is 1.89 bits per heavy atom. The van der Waals surface area contributed by atoms with E-state index in [0.29, 0.717) is 23.4 Å². The van der Waals surface area contributed by atoms with Gasteiger partial charge in [-0.05, 0) is 49.4 Å². The predicted molar refractivity (Wildman–Crippen MR) is 73.5 cm³/mol. The van der Waals surface area contributed by atoms with Crippen molar-refractivity contribution in [1.82, 2.24) is 0 Å². The third-order valence-electron chi connectivity index (χ3n) is 3.77. The molecule has 102 valence electrons. The van der Waals surface area contributed by atoms with Gasteiger partial charge in [0.2, 0.25) is 0 Å². The number of carbonyl (C=O) groups is 2. The first-order valence-electron chi connectivity index (χ1n) is 6.58. The highest BCUT2D eigenvalue weighted by Gasteiger charge is 2.28. The van der Waals surface area contributed by atoms with E-state index in [1.807, 2.05) is 0 Å². The summed E-state index contributed by atoms with van der Waals surface area (Å²) < 4.78 is 0. The lowest BCUT2D eigenvalue weighted by Gasteiger charge is -2.26. The third kappa shape index (κ3) is 3.80. The summed E-state index contributed by atoms with van der Waals surface area (Å²) in [5, 5.41) is 9.65. The number of carboxylic acids is 1. The van der Waals surface area contributed by atoms with Crippen LogP contribution in [-0.4, -0.2) is 16.9 Å². The van der Waals surface area contributed by atoms with Crippen LogP contribution in [0.25, 0.3) is 0 Å². The number of benzene rings is 1. The number of carboxylic acid groups (broad SMARTS) is 1. The number of aliphatic carboxylic acids is 1. The quantitative estimate of drug-likeness (QED) is 0.854. The monoisotopic (exact) mass is 280 g/mol. The second-order valence-corrected chi connectivity index (χ2v) is 5.64. The number of halogens is 1. The van der Waals surface area contributed by atoms with Crippen LogP contribution in [0.1, 0.15) is 42.5 Å². The summed E-state index contributed by atoms with van der Waals surface area (Å²) in [5.74, 6) is -0.744. The Bertz CT molecular complexity index is 467. The molecule has 1 aromatic carbocycles. The number of rotatable bonds is 4. The van der Waals surface area contributed by atoms with Crippen molar-refractivity contribution in [2.75, 3.05) is 0 Å². The van der Waals surface area contributed by atoms with E-state index in [2.05, 4.69) is 0 Å². The molecular formula is C15H17ClO3. The lowest BCUT2D eigenvalue weighted by atomic mass is 9.78. The van der Waals surface area contributed by atoms with Gasteiger partial charge in [0, 0.05) is 17.0 Å². The van der Waals surface area contributed by atoms with Gasteiger partial charge in [-0.15, -0.1) is 0 Å². The summed E-state index contributed by atoms with van der Waals surface area (Å²) in [7, 11) is 0. The smallest absolute Gasteiger partial charge is 0.306 e. The molecule has 2 atom stereocenters. The summed E-state index contributed by atoms with van der Waals surface area (Å²) in [6.07, 6.45) is 3.64. The van der Waals surface area contributed by atoms with E-state index in [0.717, 1.165) is 19.3 Å². The van der Waals surface area contributed by atoms with E-state index in [1.54, 1.807) is 24.3 Å². The van der Waals surface area contributed by atoms with Gasteiger partial charge in [0.15, 0.2) is 5.78 Å². The van der Waals surface area contributed by atoms with Crippen LogP contribution in [0.15, 0.2) is 24.3 Å². The third-order valence-corrected chi connectivity index (χ3v) is 4.02. The van der Waals surface area contributed by atoms with Crippen LogP contribution in [0.3, 0.4) is 0 Å². The van der Waals surface area contributed by atoms with E-state index in [1.165, 1.54) is 0 Å². The maximum absolute atomic E-state index is 12.1. The fourth-order valence-electron chi connectivity index (χ4n) is 2.72. The minimum Gasteiger partial charge on any atom is -0.481 e. The van der Waals surface area contributed by atoms with Crippen LogP contribution < -0.4 is 0 Å². The zero-order chi connectivity index (χ0) is 13.8. The summed E-state index contributed by atoms with van der Waals surface area (Å²) in [4.78, 5) is 23.1. The van der Waals surface area contributed by atoms with Crippen molar-refractivity contribution in [3.05, 3.63) is 34.9 Å². The highest BCUT2D eigenvalue weighted by molar-refractivity contribution is 6.30. The lowest BCUT2D eigenvalue weighted by Crippen LogP contribution is -2.24. The van der Waals surface area contributed by atoms with Gasteiger partial charge in [0.25, 0.3) is 0 Å². The molecule has 0 radical (unpaired) electrons. The Morgan fingerprint density at radius 1 is 1.21 bits per heavy atom. The minimum absolute atomic E-state index is 0.0766. The number of ketones is 1. The first kappa shape index (κ1) is 14.1. The molecule has 4 heteroatoms. The largest absolute Gasteiger partial charge is 0.481 e. The normalized spacial score (nSPS) is 23.0. The van der Waals surface area contributed by atoms with Crippen LogP contribution in [0, 0.1) is 11.8 Å². The molecule has 19 heavy (non-hydrogen) atoms. The van der Waals surface area contributed by atoms with Gasteiger partial charge >= 0.3 is 5.97 Å². The van der Waals surface area contributed by atoms with E-state index in [4.69, 9.17) is 16.7 Å². The van der Waals surface area contributed by atoms with Gasteiger partial charge in [0.1, 0.15) is 0 Å². The summed E-state index contributed by atoms with van der Waals surface area (Å²) in [5.41, 5.74) is 0.654. The second-order valence-electron chi connectivity index (χ2n) is 5.20. The molecule has 0 bridgehead atoms. The summed E-state index contributed by atoms with van der Waals surface area (Å²) in [6, 6.07) is 6.86. The minimum atomic E-state index is -0.733. The van der Waals surface area contributed by atoms with E-state index >= 15 is 0 Å². The Kier molecular flexibility index (Phi) is 4.59. The van der Waals surface area contributed by atoms with Crippen molar-refractivity contribution < 1.29 is 14.7 Å². The Morgan fingerprint density at radius 3 is 2.53 bits per heavy atom. The fourth-order valence-corrected chi connectivity index (χ4v) is 2.84. The summed E-state index contributed by atoms with van der Waals surface area (Å²) >= 11 is 5.79. The van der Waals surface area contributed by atoms with Crippen LogP contribution in [0.2, 0.25) is 5.02 Å². The SMILES string of the molecule is O=C(C[C@H]1CCC[C@@H](C(=O)O)C1)c1ccc(Cl)cc1. The zero-order valence-electron chi connectivity index (χ0n) is 10.6. The number of Topliss-reactive ketones (excluding diaryl/α,β-unsaturated/α-hetero) is 1. The number of carbonyl (C=O) groups excluding carboxylic acids is 1. The van der Waals surface area contributed by atoms with Crippen molar-refractivity contribution in [3.63, 3.8) is 0 Å². The molecule has 1 aliphatic rings. The molecule has 1 aliphatic carbocycles. The number of hydrogen-bond donors (Lipinski definition) is 1. The molecule has 0 amide bonds. The van der Waals surface area contributed by atoms with Gasteiger partial charge in [-0.25, -0.2) is 0 Å². The Balaban J connectivity index is 1.95. The molecule has 1 saturated carbocycles. The molecule has 1 aromatic rings. The van der Waals surface area contributed by atoms with Gasteiger partial charge in [-0.1, -0.05) is 18.0 Å². The molecule has 0 spiro atoms. The van der Waals surface area contributed by atoms with Gasteiger partial charge in [-0.2, -0.15) is 0 Å². The molecule has 0 unspecified atom stereocenters. The maximum Gasteiger partial charge on any atom is 0.306 e. The highest BCUT2D eigenvalue weighted by Crippen LogP contribution is 2.32. The van der Waals surface area contributed by atoms with E-state index in [9.17, 15) is 9.59 Å². The van der Waals surface area contributed by atoms with Gasteiger partial charge in [-0.3, -0.25) is 9.59 Å². The van der Waals surface area contributed by atoms with Crippen molar-refractivity contribution in [1.29, 1.82) is 0 Å². The molecule has 0 saturated heterocycles. The van der Waals surface area contributed by atoms with E-state index in [-0.39, 0.29) is 17.6 Å². The molecule has 1 N–H and O–H groups in total. The maximum atomic E-state index is 12.1. The first-order valence-corrected chi connectivity index (χ1v) is 6.95. The topological polar surface area (TPSA) is 54.4 Å². The van der Waals surface area contributed by atoms with Gasteiger partial charge < -0.3 is 5.11 Å². The van der Waals surface area contributed by atoms with E-state index < -0.39 is 5.97 Å². The molecule has 1 fully saturated rings. The standard InChI is InChI=1S/C15H17ClO3/c16-13-6-4-11(5-7-13)14(17)9-10-2-1-3-12(8-10)15(18)19/h4-7,10,12H,1-3,8-9H2,(H,18,19)/t10-,12+/m0/s1. The van der Waals surface area contributed by atoms with Crippen molar-refractivity contribution in [2.24, 2.45) is 11.8 Å². The van der Waals surface area contributed by atoms with Crippen LogP contribution >= 0.6 is 11.6 Å². The fraction of sp³-hybridized carbons (Fsp3) is 0.467. The van der Waals surface area contributed by atoms with Gasteiger partial charge in [0.05, 0.1) is 5.92 Å².